The van der Waals surface area contributed by atoms with Gasteiger partial charge in [-0.2, -0.15) is 5.10 Å². The van der Waals surface area contributed by atoms with Gasteiger partial charge in [-0.05, 0) is 37.5 Å². The SMILES string of the molecule is Cn1cc2cc(-c3cnc4cc(N5CCC(NC6CC6)C5)cc(F)c4n3)c(O)c(F)c2n1. The van der Waals surface area contributed by atoms with Gasteiger partial charge in [0.05, 0.1) is 17.4 Å². The minimum absolute atomic E-state index is 0.0680. The monoisotopic (exact) mass is 436 g/mol. The molecule has 7 nitrogen and oxygen atoms in total. The van der Waals surface area contributed by atoms with Gasteiger partial charge in [-0.15, -0.1) is 0 Å². The molecule has 0 bridgehead atoms. The highest BCUT2D eigenvalue weighted by molar-refractivity contribution is 5.89. The third kappa shape index (κ3) is 3.24. The van der Waals surface area contributed by atoms with Crippen molar-refractivity contribution >= 4 is 27.6 Å². The van der Waals surface area contributed by atoms with Crippen LogP contribution in [-0.2, 0) is 7.05 Å². The molecule has 9 heteroatoms. The summed E-state index contributed by atoms with van der Waals surface area (Å²) in [6.45, 7) is 1.70. The fraction of sp³-hybridized carbons (Fsp3) is 0.348. The molecule has 1 saturated heterocycles. The van der Waals surface area contributed by atoms with E-state index in [9.17, 15) is 9.50 Å². The highest BCUT2D eigenvalue weighted by atomic mass is 19.1. The molecule has 2 aromatic carbocycles. The molecular formula is C23H22F2N6O. The lowest BCUT2D eigenvalue weighted by molar-refractivity contribution is 0.437. The molecule has 32 heavy (non-hydrogen) atoms. The van der Waals surface area contributed by atoms with Crippen LogP contribution in [0.25, 0.3) is 33.2 Å². The van der Waals surface area contributed by atoms with Crippen LogP contribution in [0.4, 0.5) is 14.5 Å². The minimum atomic E-state index is -0.834. The number of nitrogens with one attached hydrogen (secondary N) is 1. The number of hydrogen-bond acceptors (Lipinski definition) is 6. The van der Waals surface area contributed by atoms with Gasteiger partial charge in [0, 0.05) is 55.1 Å². The van der Waals surface area contributed by atoms with E-state index >= 15 is 4.39 Å². The molecule has 0 amide bonds. The van der Waals surface area contributed by atoms with Crippen LogP contribution < -0.4 is 10.2 Å². The fourth-order valence-corrected chi connectivity index (χ4v) is 4.52. The summed E-state index contributed by atoms with van der Waals surface area (Å²) in [4.78, 5) is 10.9. The van der Waals surface area contributed by atoms with E-state index in [-0.39, 0.29) is 22.3 Å². The van der Waals surface area contributed by atoms with Crippen molar-refractivity contribution in [1.29, 1.82) is 0 Å². The number of hydrogen-bond donors (Lipinski definition) is 2. The number of benzene rings is 2. The molecule has 4 aromatic rings. The molecule has 1 aliphatic carbocycles. The lowest BCUT2D eigenvalue weighted by atomic mass is 10.1. The maximum absolute atomic E-state index is 15.1. The van der Waals surface area contributed by atoms with Crippen LogP contribution in [0.15, 0.2) is 30.6 Å². The van der Waals surface area contributed by atoms with Crippen molar-refractivity contribution < 1.29 is 13.9 Å². The Morgan fingerprint density at radius 1 is 1.09 bits per heavy atom. The van der Waals surface area contributed by atoms with Crippen molar-refractivity contribution in [3.8, 4) is 17.0 Å². The van der Waals surface area contributed by atoms with Gasteiger partial charge in [-0.25, -0.2) is 13.8 Å². The summed E-state index contributed by atoms with van der Waals surface area (Å²) in [7, 11) is 1.67. The van der Waals surface area contributed by atoms with Crippen LogP contribution in [0.5, 0.6) is 5.75 Å². The second-order valence-electron chi connectivity index (χ2n) is 8.75. The zero-order chi connectivity index (χ0) is 22.0. The molecule has 1 atom stereocenters. The summed E-state index contributed by atoms with van der Waals surface area (Å²) < 4.78 is 31.2. The summed E-state index contributed by atoms with van der Waals surface area (Å²) in [5, 5.41) is 18.5. The highest BCUT2D eigenvalue weighted by Crippen LogP contribution is 2.36. The van der Waals surface area contributed by atoms with Crippen LogP contribution >= 0.6 is 0 Å². The van der Waals surface area contributed by atoms with Crippen molar-refractivity contribution in [2.75, 3.05) is 18.0 Å². The van der Waals surface area contributed by atoms with Crippen LogP contribution in [0, 0.1) is 11.6 Å². The van der Waals surface area contributed by atoms with E-state index in [2.05, 4.69) is 25.3 Å². The van der Waals surface area contributed by atoms with E-state index in [0.29, 0.717) is 23.0 Å². The van der Waals surface area contributed by atoms with Gasteiger partial charge in [-0.1, -0.05) is 0 Å². The molecule has 2 aromatic heterocycles. The Morgan fingerprint density at radius 2 is 1.94 bits per heavy atom. The number of nitrogens with zero attached hydrogens (tertiary/aromatic N) is 5. The number of aryl methyl sites for hydroxylation is 1. The van der Waals surface area contributed by atoms with Gasteiger partial charge < -0.3 is 15.3 Å². The van der Waals surface area contributed by atoms with Crippen LogP contribution in [0.1, 0.15) is 19.3 Å². The lowest BCUT2D eigenvalue weighted by Crippen LogP contribution is -2.33. The number of halogens is 2. The minimum Gasteiger partial charge on any atom is -0.504 e. The summed E-state index contributed by atoms with van der Waals surface area (Å²) in [5.74, 6) is -1.90. The molecule has 1 aliphatic heterocycles. The molecule has 0 radical (unpaired) electrons. The average Bonchev–Trinajstić information content (AvgIpc) is 3.32. The molecule has 2 fully saturated rings. The molecule has 0 spiro atoms. The maximum atomic E-state index is 15.1. The summed E-state index contributed by atoms with van der Waals surface area (Å²) in [5.41, 5.74) is 1.70. The number of rotatable bonds is 4. The largest absolute Gasteiger partial charge is 0.504 e. The first-order valence-electron chi connectivity index (χ1n) is 10.8. The predicted octanol–water partition coefficient (Wildman–Crippen LogP) is 3.50. The number of fused-ring (bicyclic) bond motifs is 2. The topological polar surface area (TPSA) is 79.1 Å². The number of phenols is 1. The molecular weight excluding hydrogens is 414 g/mol. The summed E-state index contributed by atoms with van der Waals surface area (Å²) >= 11 is 0. The smallest absolute Gasteiger partial charge is 0.193 e. The number of aromatic hydroxyl groups is 1. The molecule has 6 rings (SSSR count). The Balaban J connectivity index is 1.36. The second-order valence-corrected chi connectivity index (χ2v) is 8.75. The normalized spacial score (nSPS) is 18.8. The van der Waals surface area contributed by atoms with Crippen molar-refractivity contribution in [2.24, 2.45) is 7.05 Å². The van der Waals surface area contributed by atoms with Crippen LogP contribution in [-0.4, -0.2) is 50.0 Å². The molecule has 2 N–H and O–H groups in total. The summed E-state index contributed by atoms with van der Waals surface area (Å²) in [6.07, 6.45) is 6.59. The predicted molar refractivity (Wildman–Crippen MR) is 118 cm³/mol. The molecule has 2 aliphatic rings. The van der Waals surface area contributed by atoms with Gasteiger partial charge >= 0.3 is 0 Å². The first-order chi connectivity index (χ1) is 15.5. The quantitative estimate of drug-likeness (QED) is 0.510. The van der Waals surface area contributed by atoms with E-state index in [4.69, 9.17) is 0 Å². The Morgan fingerprint density at radius 3 is 2.75 bits per heavy atom. The van der Waals surface area contributed by atoms with Gasteiger partial charge in [0.15, 0.2) is 17.4 Å². The van der Waals surface area contributed by atoms with Gasteiger partial charge in [0.1, 0.15) is 11.0 Å². The first-order valence-corrected chi connectivity index (χ1v) is 10.8. The van der Waals surface area contributed by atoms with Crippen molar-refractivity contribution in [3.63, 3.8) is 0 Å². The van der Waals surface area contributed by atoms with Crippen molar-refractivity contribution in [3.05, 3.63) is 42.2 Å². The number of anilines is 1. The Hall–Kier alpha value is -3.33. The number of phenolic OH excluding ortho intramolecular Hbond substituents is 1. The molecule has 1 unspecified atom stereocenters. The fourth-order valence-electron chi connectivity index (χ4n) is 4.52. The van der Waals surface area contributed by atoms with Crippen molar-refractivity contribution in [1.82, 2.24) is 25.1 Å². The Labute approximate surface area is 182 Å². The number of aromatic nitrogens is 4. The second kappa shape index (κ2) is 7.09. The third-order valence-electron chi connectivity index (χ3n) is 6.29. The third-order valence-corrected chi connectivity index (χ3v) is 6.29. The standard InChI is InChI=1S/C23H22F2N6O/c1-30-10-12-6-16(23(32)20(25)21(12)29-30)19-9-26-18-8-15(7-17(24)22(18)28-19)31-5-4-14(11-31)27-13-2-3-13/h6-10,13-14,27,32H,2-5,11H2,1H3. The van der Waals surface area contributed by atoms with E-state index in [1.54, 1.807) is 19.3 Å². The van der Waals surface area contributed by atoms with Crippen molar-refractivity contribution in [2.45, 2.75) is 31.3 Å². The van der Waals surface area contributed by atoms with Crippen LogP contribution in [0.2, 0.25) is 0 Å². The molecule has 164 valence electrons. The van der Waals surface area contributed by atoms with E-state index in [1.807, 2.05) is 6.07 Å². The van der Waals surface area contributed by atoms with E-state index in [0.717, 1.165) is 25.2 Å². The highest BCUT2D eigenvalue weighted by Gasteiger charge is 2.29. The summed E-state index contributed by atoms with van der Waals surface area (Å²) in [6, 6.07) is 5.96. The van der Waals surface area contributed by atoms with Crippen LogP contribution in [0.3, 0.4) is 0 Å². The first kappa shape index (κ1) is 19.4. The average molecular weight is 436 g/mol. The molecule has 1 saturated carbocycles. The van der Waals surface area contributed by atoms with Gasteiger partial charge in [-0.3, -0.25) is 9.67 Å². The zero-order valence-corrected chi connectivity index (χ0v) is 17.5. The van der Waals surface area contributed by atoms with E-state index < -0.39 is 17.4 Å². The molecule has 3 heterocycles. The lowest BCUT2D eigenvalue weighted by Gasteiger charge is -2.20. The maximum Gasteiger partial charge on any atom is 0.193 e. The zero-order valence-electron chi connectivity index (χ0n) is 17.5. The Kier molecular flexibility index (Phi) is 4.29. The van der Waals surface area contributed by atoms with Gasteiger partial charge in [0.25, 0.3) is 0 Å². The Bertz CT molecular complexity index is 1370. The van der Waals surface area contributed by atoms with E-state index in [1.165, 1.54) is 29.8 Å². The van der Waals surface area contributed by atoms with Gasteiger partial charge in [0.2, 0.25) is 0 Å².